The third kappa shape index (κ3) is 38.4. The molecule has 1 rings (SSSR count). The Morgan fingerprint density at radius 1 is 1.13 bits per heavy atom. The van der Waals surface area contributed by atoms with Crippen LogP contribution in [0.3, 0.4) is 0 Å². The number of hydrogen-bond donors (Lipinski definition) is 0. The van der Waals surface area contributed by atoms with E-state index in [4.69, 9.17) is 0 Å². The SMILES string of the molecule is C=C(CC)N(C)P.C=CCCC.CCC.C[C-](C)C1CCCC(C)(C)CC1.[CH2-]CC.[Y]. The normalized spacial score (nSPS) is 16.0. The Kier molecular flexibility index (Phi) is 41.8. The monoisotopic (exact) mass is 530 g/mol. The van der Waals surface area contributed by atoms with Crippen molar-refractivity contribution in [3.05, 3.63) is 37.8 Å². The van der Waals surface area contributed by atoms with E-state index in [-0.39, 0.29) is 32.7 Å². The summed E-state index contributed by atoms with van der Waals surface area (Å²) in [6.45, 7) is 30.7. The molecule has 0 spiro atoms. The average molecular weight is 531 g/mol. The predicted molar refractivity (Wildman–Crippen MR) is 149 cm³/mol. The van der Waals surface area contributed by atoms with Gasteiger partial charge in [0.05, 0.1) is 0 Å². The van der Waals surface area contributed by atoms with E-state index in [1.165, 1.54) is 44.9 Å². The minimum atomic E-state index is 0. The molecule has 0 aromatic rings. The van der Waals surface area contributed by atoms with E-state index in [0.29, 0.717) is 5.41 Å². The van der Waals surface area contributed by atoms with Crippen LogP contribution in [-0.4, -0.2) is 11.7 Å². The first kappa shape index (κ1) is 42.0. The van der Waals surface area contributed by atoms with Gasteiger partial charge in [0.15, 0.2) is 0 Å². The molecule has 31 heavy (non-hydrogen) atoms. The van der Waals surface area contributed by atoms with Crippen molar-refractivity contribution in [3.8, 4) is 0 Å². The van der Waals surface area contributed by atoms with Crippen molar-refractivity contribution in [2.24, 2.45) is 11.3 Å². The number of rotatable bonds is 5. The van der Waals surface area contributed by atoms with Crippen LogP contribution < -0.4 is 0 Å². The molecule has 1 radical (unpaired) electrons. The molecule has 1 nitrogen and oxygen atoms in total. The van der Waals surface area contributed by atoms with Gasteiger partial charge in [-0.25, -0.2) is 0 Å². The Labute approximate surface area is 228 Å². The molecule has 3 heteroatoms. The van der Waals surface area contributed by atoms with Gasteiger partial charge in [-0.1, -0.05) is 99.6 Å². The van der Waals surface area contributed by atoms with Crippen molar-refractivity contribution in [2.75, 3.05) is 7.05 Å². The van der Waals surface area contributed by atoms with Gasteiger partial charge in [-0.15, -0.1) is 6.58 Å². The Bertz CT molecular complexity index is 349. The first-order valence-electron chi connectivity index (χ1n) is 12.3. The quantitative estimate of drug-likeness (QED) is 0.148. The molecule has 0 N–H and O–H groups in total. The summed E-state index contributed by atoms with van der Waals surface area (Å²) in [5.74, 6) is 2.57. The van der Waals surface area contributed by atoms with Crippen LogP contribution in [0, 0.1) is 24.2 Å². The predicted octanol–water partition coefficient (Wildman–Crippen LogP) is 10.5. The van der Waals surface area contributed by atoms with Crippen molar-refractivity contribution in [1.82, 2.24) is 4.67 Å². The molecule has 187 valence electrons. The van der Waals surface area contributed by atoms with Crippen LogP contribution >= 0.6 is 9.39 Å². The first-order valence-corrected chi connectivity index (χ1v) is 12.8. The minimum Gasteiger partial charge on any atom is -0.363 e. The van der Waals surface area contributed by atoms with Crippen LogP contribution in [0.2, 0.25) is 0 Å². The van der Waals surface area contributed by atoms with E-state index in [1.54, 1.807) is 5.92 Å². The summed E-state index contributed by atoms with van der Waals surface area (Å²) in [5.41, 5.74) is 1.76. The maximum absolute atomic E-state index is 3.78. The molecule has 0 heterocycles. The number of nitrogens with zero attached hydrogens (tertiary/aromatic N) is 1. The van der Waals surface area contributed by atoms with Gasteiger partial charge in [0, 0.05) is 45.5 Å². The van der Waals surface area contributed by atoms with Gasteiger partial charge in [-0.3, -0.25) is 0 Å². The summed E-state index contributed by atoms with van der Waals surface area (Å²) in [6, 6.07) is 0. The largest absolute Gasteiger partial charge is 0.363 e. The average Bonchev–Trinajstić information content (AvgIpc) is 2.84. The van der Waals surface area contributed by atoms with Crippen molar-refractivity contribution >= 4 is 9.39 Å². The fourth-order valence-electron chi connectivity index (χ4n) is 2.69. The first-order chi connectivity index (χ1) is 13.9. The molecule has 0 saturated heterocycles. The molecular formula is C28H60NPY-2. The molecule has 1 aliphatic carbocycles. The topological polar surface area (TPSA) is 3.24 Å². The van der Waals surface area contributed by atoms with E-state index in [0.717, 1.165) is 30.9 Å². The molecular weight excluding hydrogens is 470 g/mol. The molecule has 1 aliphatic rings. The number of unbranched alkanes of at least 4 members (excludes halogenated alkanes) is 1. The number of hydrogen-bond acceptors (Lipinski definition) is 1. The van der Waals surface area contributed by atoms with Gasteiger partial charge in [0.1, 0.15) is 0 Å². The Balaban J connectivity index is -0.000000102. The van der Waals surface area contributed by atoms with Gasteiger partial charge in [0.2, 0.25) is 0 Å². The summed E-state index contributed by atoms with van der Waals surface area (Å²) in [4.78, 5) is 0. The van der Waals surface area contributed by atoms with Crippen LogP contribution in [0.4, 0.5) is 0 Å². The van der Waals surface area contributed by atoms with Crippen LogP contribution in [0.25, 0.3) is 0 Å². The molecule has 0 bridgehead atoms. The van der Waals surface area contributed by atoms with Gasteiger partial charge in [-0.2, -0.15) is 26.2 Å². The fourth-order valence-corrected chi connectivity index (χ4v) is 2.87. The van der Waals surface area contributed by atoms with Crippen LogP contribution in [0.5, 0.6) is 0 Å². The summed E-state index contributed by atoms with van der Waals surface area (Å²) >= 11 is 0. The molecule has 2 atom stereocenters. The number of allylic oxidation sites excluding steroid dienone is 2. The summed E-state index contributed by atoms with van der Waals surface area (Å²) in [6.07, 6.45) is 14.7. The summed E-state index contributed by atoms with van der Waals surface area (Å²) < 4.78 is 1.94. The molecule has 0 amide bonds. The zero-order valence-electron chi connectivity index (χ0n) is 23.4. The van der Waals surface area contributed by atoms with Crippen molar-refractivity contribution in [3.63, 3.8) is 0 Å². The third-order valence-electron chi connectivity index (χ3n) is 4.79. The molecule has 1 fully saturated rings. The zero-order valence-corrected chi connectivity index (χ0v) is 27.4. The van der Waals surface area contributed by atoms with Gasteiger partial charge in [-0.05, 0) is 34.1 Å². The van der Waals surface area contributed by atoms with Crippen LogP contribution in [0.15, 0.2) is 24.9 Å². The third-order valence-corrected chi connectivity index (χ3v) is 5.16. The van der Waals surface area contributed by atoms with E-state index in [9.17, 15) is 0 Å². The Morgan fingerprint density at radius 2 is 1.58 bits per heavy atom. The molecule has 0 aromatic carbocycles. The molecule has 0 aliphatic heterocycles. The zero-order chi connectivity index (χ0) is 24.6. The fraction of sp³-hybridized carbons (Fsp3) is 0.786. The maximum atomic E-state index is 3.78. The van der Waals surface area contributed by atoms with E-state index < -0.39 is 0 Å². The van der Waals surface area contributed by atoms with Crippen LogP contribution in [-0.2, 0) is 32.7 Å². The van der Waals surface area contributed by atoms with Gasteiger partial charge in [0.25, 0.3) is 0 Å². The Hall–Kier alpha value is 0.814. The second kappa shape index (κ2) is 30.8. The van der Waals surface area contributed by atoms with E-state index in [2.05, 4.69) is 84.9 Å². The minimum absolute atomic E-state index is 0. The summed E-state index contributed by atoms with van der Waals surface area (Å²) in [5, 5.41) is 0. The maximum Gasteiger partial charge on any atom is 0.00951 e. The van der Waals surface area contributed by atoms with Crippen molar-refractivity contribution in [1.29, 1.82) is 0 Å². The standard InChI is InChI=1S/C12H23.C5H12NP.C5H10.C3H8.C3H7.Y/c1-10(2)11-6-5-8-12(3,4)9-7-11;1-4-5(2)6(3)7;1-3-5-4-2;2*1-3-2;/h11H,5-9H2,1-4H3;2,4,7H2,1,3H3;3H,1,4-5H2,2H3;3H2,1-2H3;1,3H2,2H3;/q-1;;;;-1;. The van der Waals surface area contributed by atoms with Gasteiger partial charge >= 0.3 is 0 Å². The molecule has 0 aromatic heterocycles. The van der Waals surface area contributed by atoms with Crippen molar-refractivity contribution in [2.45, 2.75) is 127 Å². The molecule has 2 unspecified atom stereocenters. The Morgan fingerprint density at radius 3 is 1.81 bits per heavy atom. The van der Waals surface area contributed by atoms with E-state index in [1.807, 2.05) is 24.7 Å². The van der Waals surface area contributed by atoms with E-state index >= 15 is 0 Å². The van der Waals surface area contributed by atoms with Crippen molar-refractivity contribution < 1.29 is 32.7 Å². The molecule has 1 saturated carbocycles. The van der Waals surface area contributed by atoms with Crippen LogP contribution in [0.1, 0.15) is 127 Å². The second-order valence-corrected chi connectivity index (χ2v) is 9.96. The van der Waals surface area contributed by atoms with Gasteiger partial charge < -0.3 is 17.5 Å². The summed E-state index contributed by atoms with van der Waals surface area (Å²) in [7, 11) is 4.52. The second-order valence-electron chi connectivity index (χ2n) is 9.18. The smallest absolute Gasteiger partial charge is 0.00951 e.